The number of allylic oxidation sites excluding steroid dienone is 6. The molecule has 142 valence electrons. The van der Waals surface area contributed by atoms with Crippen molar-refractivity contribution in [3.63, 3.8) is 0 Å². The molecule has 0 N–H and O–H groups in total. The van der Waals surface area contributed by atoms with E-state index in [-0.39, 0.29) is 6.10 Å². The van der Waals surface area contributed by atoms with Crippen molar-refractivity contribution in [3.8, 4) is 22.4 Å². The maximum Gasteiger partial charge on any atom is 0.137 e. The molecule has 0 saturated heterocycles. The molecule has 1 fully saturated rings. The van der Waals surface area contributed by atoms with Crippen molar-refractivity contribution < 1.29 is 4.74 Å². The highest BCUT2D eigenvalue weighted by molar-refractivity contribution is 7.16. The summed E-state index contributed by atoms with van der Waals surface area (Å²) in [5, 5.41) is 10.4. The molecule has 2 aliphatic rings. The zero-order chi connectivity index (χ0) is 19.7. The first-order chi connectivity index (χ1) is 13.6. The first-order valence-electron chi connectivity index (χ1n) is 9.84. The van der Waals surface area contributed by atoms with E-state index in [0.29, 0.717) is 17.2 Å². The summed E-state index contributed by atoms with van der Waals surface area (Å²) >= 11 is 1.69. The Labute approximate surface area is 170 Å². The number of hydrogen-bond acceptors (Lipinski definition) is 4. The van der Waals surface area contributed by atoms with Crippen LogP contribution < -0.4 is 4.74 Å². The van der Waals surface area contributed by atoms with Gasteiger partial charge < -0.3 is 4.74 Å². The Kier molecular flexibility index (Phi) is 5.19. The largest absolute Gasteiger partial charge is 0.490 e. The lowest BCUT2D eigenvalue weighted by atomic mass is 9.99. The van der Waals surface area contributed by atoms with Crippen molar-refractivity contribution in [2.45, 2.75) is 46.1 Å². The molecule has 1 heterocycles. The topological polar surface area (TPSA) is 45.9 Å². The highest BCUT2D eigenvalue weighted by atomic mass is 32.1. The van der Waals surface area contributed by atoms with Gasteiger partial charge in [0.2, 0.25) is 0 Å². The van der Waals surface area contributed by atoms with Crippen molar-refractivity contribution in [3.05, 3.63) is 64.2 Å². The van der Waals surface area contributed by atoms with E-state index in [0.717, 1.165) is 23.4 Å². The molecule has 1 aromatic heterocycles. The molecular formula is C24H24N2OS. The molecule has 4 heteroatoms. The van der Waals surface area contributed by atoms with Gasteiger partial charge >= 0.3 is 0 Å². The number of rotatable bonds is 4. The second-order valence-corrected chi connectivity index (χ2v) is 8.68. The fourth-order valence-corrected chi connectivity index (χ4v) is 4.89. The van der Waals surface area contributed by atoms with Gasteiger partial charge in [-0.1, -0.05) is 25.2 Å². The van der Waals surface area contributed by atoms with Gasteiger partial charge in [-0.05, 0) is 73.9 Å². The third kappa shape index (κ3) is 3.55. The van der Waals surface area contributed by atoms with Crippen LogP contribution in [0.2, 0.25) is 0 Å². The average molecular weight is 389 g/mol. The first kappa shape index (κ1) is 18.7. The summed E-state index contributed by atoms with van der Waals surface area (Å²) in [4.78, 5) is 5.87. The zero-order valence-corrected chi connectivity index (χ0v) is 17.3. The SMILES string of the molecule is CC(C)Oc1ccc(-c2ncc(C3=C4CCC(C)C4=CCC=C3)s2)cc1C#N. The summed E-state index contributed by atoms with van der Waals surface area (Å²) in [5.74, 6) is 1.27. The summed E-state index contributed by atoms with van der Waals surface area (Å²) in [6.45, 7) is 6.25. The van der Waals surface area contributed by atoms with Crippen molar-refractivity contribution in [1.29, 1.82) is 5.26 Å². The van der Waals surface area contributed by atoms with Crippen LogP contribution in [-0.4, -0.2) is 11.1 Å². The Balaban J connectivity index is 1.70. The van der Waals surface area contributed by atoms with Crippen LogP contribution in [0.4, 0.5) is 0 Å². The van der Waals surface area contributed by atoms with Crippen LogP contribution >= 0.6 is 11.3 Å². The van der Waals surface area contributed by atoms with Gasteiger partial charge in [0.15, 0.2) is 0 Å². The molecule has 1 unspecified atom stereocenters. The minimum Gasteiger partial charge on any atom is -0.490 e. The normalized spacial score (nSPS) is 18.7. The quantitative estimate of drug-likeness (QED) is 0.597. The number of nitriles is 1. The van der Waals surface area contributed by atoms with Crippen molar-refractivity contribution in [1.82, 2.24) is 4.98 Å². The van der Waals surface area contributed by atoms with Crippen LogP contribution in [0.15, 0.2) is 53.8 Å². The van der Waals surface area contributed by atoms with E-state index in [2.05, 4.69) is 36.2 Å². The summed E-state index contributed by atoms with van der Waals surface area (Å²) in [6, 6.07) is 8.00. The predicted molar refractivity (Wildman–Crippen MR) is 115 cm³/mol. The highest BCUT2D eigenvalue weighted by Crippen LogP contribution is 2.44. The third-order valence-corrected chi connectivity index (χ3v) is 6.35. The van der Waals surface area contributed by atoms with Crippen molar-refractivity contribution in [2.24, 2.45) is 5.92 Å². The Morgan fingerprint density at radius 1 is 1.32 bits per heavy atom. The first-order valence-corrected chi connectivity index (χ1v) is 10.7. The van der Waals surface area contributed by atoms with Gasteiger partial charge in [-0.25, -0.2) is 4.98 Å². The molecule has 1 saturated carbocycles. The van der Waals surface area contributed by atoms with E-state index >= 15 is 0 Å². The van der Waals surface area contributed by atoms with Crippen LogP contribution in [0.5, 0.6) is 5.75 Å². The Morgan fingerprint density at radius 2 is 2.18 bits per heavy atom. The second kappa shape index (κ2) is 7.77. The van der Waals surface area contributed by atoms with E-state index in [1.807, 2.05) is 38.2 Å². The van der Waals surface area contributed by atoms with Crippen molar-refractivity contribution in [2.75, 3.05) is 0 Å². The molecule has 3 nitrogen and oxygen atoms in total. The second-order valence-electron chi connectivity index (χ2n) is 7.65. The van der Waals surface area contributed by atoms with Crippen molar-refractivity contribution >= 4 is 16.9 Å². The smallest absolute Gasteiger partial charge is 0.137 e. The number of nitrogens with zero attached hydrogens (tertiary/aromatic N) is 2. The molecule has 0 spiro atoms. The van der Waals surface area contributed by atoms with Gasteiger partial charge in [0, 0.05) is 11.8 Å². The van der Waals surface area contributed by atoms with Crippen LogP contribution in [-0.2, 0) is 0 Å². The fraction of sp³-hybridized carbons (Fsp3) is 0.333. The molecule has 4 rings (SSSR count). The maximum atomic E-state index is 9.50. The predicted octanol–water partition coefficient (Wildman–Crippen LogP) is 6.54. The molecule has 0 amide bonds. The van der Waals surface area contributed by atoms with Crippen LogP contribution in [0.25, 0.3) is 16.1 Å². The molecule has 2 aromatic rings. The summed E-state index contributed by atoms with van der Waals surface area (Å²) in [5.41, 5.74) is 5.82. The average Bonchev–Trinajstić information content (AvgIpc) is 3.24. The van der Waals surface area contributed by atoms with Gasteiger partial charge in [0.1, 0.15) is 16.8 Å². The molecule has 0 bridgehead atoms. The summed E-state index contributed by atoms with van der Waals surface area (Å²) in [7, 11) is 0. The minimum absolute atomic E-state index is 0.0379. The van der Waals surface area contributed by atoms with E-state index < -0.39 is 0 Å². The molecule has 28 heavy (non-hydrogen) atoms. The molecule has 0 radical (unpaired) electrons. The van der Waals surface area contributed by atoms with E-state index in [1.54, 1.807) is 11.3 Å². The minimum atomic E-state index is 0.0379. The van der Waals surface area contributed by atoms with Crippen LogP contribution in [0.3, 0.4) is 0 Å². The molecular weight excluding hydrogens is 364 g/mol. The van der Waals surface area contributed by atoms with Gasteiger partial charge in [-0.2, -0.15) is 5.26 Å². The number of ether oxygens (including phenoxy) is 1. The lowest BCUT2D eigenvalue weighted by Crippen LogP contribution is -2.06. The lowest BCUT2D eigenvalue weighted by molar-refractivity contribution is 0.242. The lowest BCUT2D eigenvalue weighted by Gasteiger charge is -2.11. The molecule has 2 aliphatic carbocycles. The number of thiazole rings is 1. The van der Waals surface area contributed by atoms with E-state index in [4.69, 9.17) is 4.74 Å². The number of benzene rings is 1. The number of aromatic nitrogens is 1. The van der Waals surface area contributed by atoms with Crippen LogP contribution in [0, 0.1) is 17.2 Å². The summed E-state index contributed by atoms with van der Waals surface area (Å²) < 4.78 is 5.74. The van der Waals surface area contributed by atoms with Gasteiger partial charge in [-0.15, -0.1) is 11.3 Å². The monoisotopic (exact) mass is 388 g/mol. The Morgan fingerprint density at radius 3 is 2.96 bits per heavy atom. The van der Waals surface area contributed by atoms with E-state index in [9.17, 15) is 5.26 Å². The van der Waals surface area contributed by atoms with Gasteiger partial charge in [-0.3, -0.25) is 0 Å². The molecule has 0 aliphatic heterocycles. The number of fused-ring (bicyclic) bond motifs is 1. The summed E-state index contributed by atoms with van der Waals surface area (Å²) in [6.07, 6.45) is 12.3. The van der Waals surface area contributed by atoms with Crippen LogP contribution in [0.1, 0.15) is 50.5 Å². The Bertz CT molecular complexity index is 1030. The zero-order valence-electron chi connectivity index (χ0n) is 16.5. The molecule has 1 atom stereocenters. The highest BCUT2D eigenvalue weighted by Gasteiger charge is 2.25. The fourth-order valence-electron chi connectivity index (χ4n) is 3.92. The maximum absolute atomic E-state index is 9.50. The molecule has 1 aromatic carbocycles. The van der Waals surface area contributed by atoms with Gasteiger partial charge in [0.25, 0.3) is 0 Å². The standard InChI is InChI=1S/C24H24N2OS/c1-15(2)27-22-11-9-17(12-18(22)13-25)24-26-14-23(28-24)21-7-5-4-6-19-16(3)8-10-20(19)21/h5-7,9,11-12,14-16H,4,8,10H2,1-3H3. The third-order valence-electron chi connectivity index (χ3n) is 5.27. The van der Waals surface area contributed by atoms with E-state index in [1.165, 1.54) is 28.0 Å². The van der Waals surface area contributed by atoms with Gasteiger partial charge in [0.05, 0.1) is 16.5 Å². The Hall–Kier alpha value is -2.64. The number of hydrogen-bond donors (Lipinski definition) is 0.